The van der Waals surface area contributed by atoms with Crippen LogP contribution in [0.25, 0.3) is 6.08 Å². The molecule has 2 heterocycles. The van der Waals surface area contributed by atoms with Gasteiger partial charge in [0.2, 0.25) is 5.13 Å². The largest absolute Gasteiger partial charge is 0.450 e. The van der Waals surface area contributed by atoms with Crippen molar-refractivity contribution in [2.45, 2.75) is 30.3 Å². The summed E-state index contributed by atoms with van der Waals surface area (Å²) in [6.07, 6.45) is 2.19. The lowest BCUT2D eigenvalue weighted by atomic mass is 10.1. The average molecular weight is 445 g/mol. The van der Waals surface area contributed by atoms with Gasteiger partial charge in [0.25, 0.3) is 5.91 Å². The molecule has 0 unspecified atom stereocenters. The standard InChI is InChI=1S/C20H17ClN4O2S2/c1-12(2)9-17-24-25-20(29-17)23-19(26)13(11-22)10-15-5-8-18(27-15)28-16-6-3-14(21)4-7-16/h3-8,10,12H,9H2,1-2H3,(H,23,25,26)/b13-10-. The lowest BCUT2D eigenvalue weighted by molar-refractivity contribution is -0.112. The lowest BCUT2D eigenvalue weighted by Gasteiger charge is -1.99. The van der Waals surface area contributed by atoms with E-state index in [4.69, 9.17) is 16.0 Å². The van der Waals surface area contributed by atoms with Gasteiger partial charge in [-0.2, -0.15) is 5.26 Å². The molecular weight excluding hydrogens is 428 g/mol. The van der Waals surface area contributed by atoms with Gasteiger partial charge >= 0.3 is 0 Å². The van der Waals surface area contributed by atoms with Crippen LogP contribution in [0.5, 0.6) is 0 Å². The topological polar surface area (TPSA) is 91.8 Å². The second-order valence-corrected chi connectivity index (χ2v) is 9.01. The Hall–Kier alpha value is -2.60. The number of carbonyl (C=O) groups excluding carboxylic acids is 1. The van der Waals surface area contributed by atoms with Crippen molar-refractivity contribution in [3.8, 4) is 6.07 Å². The summed E-state index contributed by atoms with van der Waals surface area (Å²) in [6, 6.07) is 12.7. The first kappa shape index (κ1) is 21.1. The first-order valence-electron chi connectivity index (χ1n) is 8.71. The van der Waals surface area contributed by atoms with E-state index in [-0.39, 0.29) is 5.57 Å². The number of nitrogens with zero attached hydrogens (tertiary/aromatic N) is 3. The van der Waals surface area contributed by atoms with Crippen molar-refractivity contribution in [1.29, 1.82) is 5.26 Å². The Morgan fingerprint density at radius 2 is 2.07 bits per heavy atom. The van der Waals surface area contributed by atoms with Crippen LogP contribution in [0.1, 0.15) is 24.6 Å². The smallest absolute Gasteiger partial charge is 0.268 e. The fourth-order valence-electron chi connectivity index (χ4n) is 2.28. The second kappa shape index (κ2) is 9.74. The third-order valence-electron chi connectivity index (χ3n) is 3.56. The van der Waals surface area contributed by atoms with Gasteiger partial charge in [-0.15, -0.1) is 10.2 Å². The number of nitriles is 1. The summed E-state index contributed by atoms with van der Waals surface area (Å²) in [7, 11) is 0. The van der Waals surface area contributed by atoms with Gasteiger partial charge in [-0.1, -0.05) is 48.5 Å². The number of hydrogen-bond acceptors (Lipinski definition) is 7. The minimum absolute atomic E-state index is 0.0806. The molecule has 1 N–H and O–H groups in total. The minimum atomic E-state index is -0.553. The summed E-state index contributed by atoms with van der Waals surface area (Å²) in [5.41, 5.74) is -0.0806. The molecule has 3 aromatic rings. The highest BCUT2D eigenvalue weighted by molar-refractivity contribution is 7.99. The fraction of sp³-hybridized carbons (Fsp3) is 0.200. The zero-order valence-electron chi connectivity index (χ0n) is 15.7. The average Bonchev–Trinajstić information content (AvgIpc) is 3.30. The van der Waals surface area contributed by atoms with Crippen LogP contribution in [-0.2, 0) is 11.2 Å². The summed E-state index contributed by atoms with van der Waals surface area (Å²) in [5, 5.41) is 22.5. The number of rotatable bonds is 7. The van der Waals surface area contributed by atoms with Crippen LogP contribution < -0.4 is 5.32 Å². The molecule has 148 valence electrons. The molecular formula is C20H17ClN4O2S2. The molecule has 3 rings (SSSR count). The van der Waals surface area contributed by atoms with Gasteiger partial charge in [-0.25, -0.2) is 0 Å². The molecule has 1 aromatic carbocycles. The monoisotopic (exact) mass is 444 g/mol. The number of amides is 1. The Bertz CT molecular complexity index is 1060. The van der Waals surface area contributed by atoms with Crippen molar-refractivity contribution >= 4 is 51.8 Å². The maximum absolute atomic E-state index is 12.4. The molecule has 0 fully saturated rings. The predicted molar refractivity (Wildman–Crippen MR) is 115 cm³/mol. The van der Waals surface area contributed by atoms with Crippen molar-refractivity contribution < 1.29 is 9.21 Å². The van der Waals surface area contributed by atoms with Crippen LogP contribution in [0, 0.1) is 17.2 Å². The number of nitrogens with one attached hydrogen (secondary N) is 1. The first-order chi connectivity index (χ1) is 13.9. The maximum atomic E-state index is 12.4. The summed E-state index contributed by atoms with van der Waals surface area (Å²) >= 11 is 8.61. The van der Waals surface area contributed by atoms with Gasteiger partial charge in [0, 0.05) is 22.4 Å². The normalized spacial score (nSPS) is 11.5. The van der Waals surface area contributed by atoms with Crippen LogP contribution in [-0.4, -0.2) is 16.1 Å². The van der Waals surface area contributed by atoms with E-state index in [1.165, 1.54) is 29.2 Å². The third kappa shape index (κ3) is 6.19. The zero-order valence-corrected chi connectivity index (χ0v) is 18.1. The highest BCUT2D eigenvalue weighted by atomic mass is 35.5. The quantitative estimate of drug-likeness (QED) is 0.372. The van der Waals surface area contributed by atoms with Crippen LogP contribution in [0.3, 0.4) is 0 Å². The van der Waals surface area contributed by atoms with Gasteiger partial charge < -0.3 is 4.42 Å². The molecule has 0 radical (unpaired) electrons. The molecule has 0 aliphatic rings. The van der Waals surface area contributed by atoms with Crippen molar-refractivity contribution in [3.63, 3.8) is 0 Å². The molecule has 0 saturated carbocycles. The maximum Gasteiger partial charge on any atom is 0.268 e. The van der Waals surface area contributed by atoms with Crippen LogP contribution in [0.4, 0.5) is 5.13 Å². The number of furan rings is 1. The molecule has 29 heavy (non-hydrogen) atoms. The lowest BCUT2D eigenvalue weighted by Crippen LogP contribution is -2.13. The Morgan fingerprint density at radius 1 is 1.31 bits per heavy atom. The number of aromatic nitrogens is 2. The van der Waals surface area contributed by atoms with E-state index < -0.39 is 5.91 Å². The first-order valence-corrected chi connectivity index (χ1v) is 10.7. The van der Waals surface area contributed by atoms with Gasteiger partial charge in [-0.3, -0.25) is 10.1 Å². The highest BCUT2D eigenvalue weighted by Gasteiger charge is 2.14. The molecule has 0 atom stereocenters. The van der Waals surface area contributed by atoms with Crippen molar-refractivity contribution in [1.82, 2.24) is 10.2 Å². The fourth-order valence-corrected chi connectivity index (χ4v) is 4.13. The zero-order chi connectivity index (χ0) is 20.8. The summed E-state index contributed by atoms with van der Waals surface area (Å²) < 4.78 is 5.70. The van der Waals surface area contributed by atoms with E-state index in [0.717, 1.165) is 16.3 Å². The minimum Gasteiger partial charge on any atom is -0.450 e. The molecule has 2 aromatic heterocycles. The number of carbonyl (C=O) groups is 1. The Labute approximate surface area is 181 Å². The third-order valence-corrected chi connectivity index (χ3v) is 5.60. The van der Waals surface area contributed by atoms with E-state index >= 15 is 0 Å². The summed E-state index contributed by atoms with van der Waals surface area (Å²) in [4.78, 5) is 13.4. The molecule has 0 bridgehead atoms. The van der Waals surface area contributed by atoms with E-state index in [9.17, 15) is 10.1 Å². The molecule has 6 nitrogen and oxygen atoms in total. The van der Waals surface area contributed by atoms with Crippen LogP contribution >= 0.6 is 34.7 Å². The number of benzene rings is 1. The number of anilines is 1. The van der Waals surface area contributed by atoms with E-state index in [1.54, 1.807) is 24.3 Å². The van der Waals surface area contributed by atoms with Crippen LogP contribution in [0.2, 0.25) is 5.02 Å². The molecule has 1 amide bonds. The number of halogens is 1. The van der Waals surface area contributed by atoms with Crippen LogP contribution in [0.15, 0.2) is 56.4 Å². The van der Waals surface area contributed by atoms with Gasteiger partial charge in [0.15, 0.2) is 5.09 Å². The molecule has 9 heteroatoms. The van der Waals surface area contributed by atoms with Gasteiger partial charge in [-0.05, 0) is 42.3 Å². The Balaban J connectivity index is 1.67. The van der Waals surface area contributed by atoms with E-state index in [2.05, 4.69) is 29.4 Å². The van der Waals surface area contributed by atoms with Crippen molar-refractivity contribution in [2.24, 2.45) is 5.92 Å². The molecule has 0 saturated heterocycles. The van der Waals surface area contributed by atoms with Gasteiger partial charge in [0.05, 0.1) is 0 Å². The molecule has 0 aliphatic carbocycles. The predicted octanol–water partition coefficient (Wildman–Crippen LogP) is 5.68. The SMILES string of the molecule is CC(C)Cc1nnc(NC(=O)/C(C#N)=C\c2ccc(Sc3ccc(Cl)cc3)o2)s1. The summed E-state index contributed by atoms with van der Waals surface area (Å²) in [5.74, 6) is 0.300. The van der Waals surface area contributed by atoms with Gasteiger partial charge in [0.1, 0.15) is 22.4 Å². The number of hydrogen-bond donors (Lipinski definition) is 1. The van der Waals surface area contributed by atoms with E-state index in [1.807, 2.05) is 18.2 Å². The Morgan fingerprint density at radius 3 is 2.76 bits per heavy atom. The Kier molecular flexibility index (Phi) is 7.09. The highest BCUT2D eigenvalue weighted by Crippen LogP contribution is 2.30. The molecule has 0 spiro atoms. The van der Waals surface area contributed by atoms with Crippen molar-refractivity contribution in [3.05, 3.63) is 57.8 Å². The summed E-state index contributed by atoms with van der Waals surface area (Å²) in [6.45, 7) is 4.16. The second-order valence-electron chi connectivity index (χ2n) is 6.44. The van der Waals surface area contributed by atoms with Crippen molar-refractivity contribution in [2.75, 3.05) is 5.32 Å². The molecule has 0 aliphatic heterocycles. The van der Waals surface area contributed by atoms with E-state index in [0.29, 0.717) is 26.9 Å².